The van der Waals surface area contributed by atoms with Crippen LogP contribution < -0.4 is 5.32 Å². The van der Waals surface area contributed by atoms with E-state index in [4.69, 9.17) is 0 Å². The Morgan fingerprint density at radius 1 is 1.10 bits per heavy atom. The Hall–Kier alpha value is -2.41. The fourth-order valence-corrected chi connectivity index (χ4v) is 2.21. The van der Waals surface area contributed by atoms with E-state index in [0.29, 0.717) is 11.4 Å². The number of benzene rings is 1. The largest absolute Gasteiger partial charge is 0.337 e. The molecule has 1 heterocycles. The first kappa shape index (κ1) is 15.0. The topological polar surface area (TPSA) is 61.6 Å². The van der Waals surface area contributed by atoms with Crippen LogP contribution >= 0.6 is 0 Å². The Labute approximate surface area is 125 Å². The molecule has 0 bridgehead atoms. The molecule has 0 radical (unpaired) electrons. The maximum Gasteiger partial charge on any atom is 0.171 e. The number of para-hydroxylation sites is 1. The molecule has 0 saturated carbocycles. The fraction of sp³-hybridized carbons (Fsp3) is 0.353. The maximum atomic E-state index is 9.37. The van der Waals surface area contributed by atoms with Gasteiger partial charge >= 0.3 is 0 Å². The standard InChI is InChI=1S/C17H20N4/c1-11-12(2)20-21-16(13(11)10-18)19-15-9-7-6-8-14(15)17(3,4)5/h6-9H,1-5H3,(H,19,21). The normalized spacial score (nSPS) is 11.0. The third-order valence-corrected chi connectivity index (χ3v) is 3.55. The average molecular weight is 280 g/mol. The van der Waals surface area contributed by atoms with E-state index in [1.54, 1.807) is 0 Å². The highest BCUT2D eigenvalue weighted by Crippen LogP contribution is 2.31. The maximum absolute atomic E-state index is 9.37. The van der Waals surface area contributed by atoms with E-state index in [1.165, 1.54) is 5.56 Å². The van der Waals surface area contributed by atoms with Crippen LogP contribution in [0.1, 0.15) is 43.2 Å². The molecule has 1 aromatic heterocycles. The molecule has 2 aromatic rings. The summed E-state index contributed by atoms with van der Waals surface area (Å²) in [6.45, 7) is 10.2. The van der Waals surface area contributed by atoms with Gasteiger partial charge < -0.3 is 5.32 Å². The summed E-state index contributed by atoms with van der Waals surface area (Å²) in [5.41, 5.74) is 4.33. The number of hydrogen-bond donors (Lipinski definition) is 1. The first-order chi connectivity index (χ1) is 9.84. The van der Waals surface area contributed by atoms with E-state index in [1.807, 2.05) is 32.0 Å². The predicted octanol–water partition coefficient (Wildman–Crippen LogP) is 4.01. The van der Waals surface area contributed by atoms with Gasteiger partial charge in [-0.15, -0.1) is 5.10 Å². The van der Waals surface area contributed by atoms with Gasteiger partial charge in [0.15, 0.2) is 5.82 Å². The van der Waals surface area contributed by atoms with E-state index in [0.717, 1.165) is 16.9 Å². The van der Waals surface area contributed by atoms with Crippen molar-refractivity contribution in [3.63, 3.8) is 0 Å². The Balaban J connectivity index is 2.50. The quantitative estimate of drug-likeness (QED) is 0.903. The second-order valence-corrected chi connectivity index (χ2v) is 6.17. The first-order valence-electron chi connectivity index (χ1n) is 6.95. The van der Waals surface area contributed by atoms with Crippen LogP contribution in [0.2, 0.25) is 0 Å². The highest BCUT2D eigenvalue weighted by Gasteiger charge is 2.19. The molecule has 0 saturated heterocycles. The van der Waals surface area contributed by atoms with E-state index in [9.17, 15) is 5.26 Å². The molecule has 1 N–H and O–H groups in total. The molecule has 21 heavy (non-hydrogen) atoms. The molecule has 4 nitrogen and oxygen atoms in total. The summed E-state index contributed by atoms with van der Waals surface area (Å²) in [5.74, 6) is 0.511. The van der Waals surface area contributed by atoms with E-state index in [2.05, 4.69) is 48.4 Å². The highest BCUT2D eigenvalue weighted by molar-refractivity contribution is 5.67. The molecule has 0 aliphatic carbocycles. The first-order valence-corrected chi connectivity index (χ1v) is 6.95. The highest BCUT2D eigenvalue weighted by atomic mass is 15.2. The monoisotopic (exact) mass is 280 g/mol. The summed E-state index contributed by atoms with van der Waals surface area (Å²) in [6.07, 6.45) is 0. The van der Waals surface area contributed by atoms with Gasteiger partial charge in [-0.2, -0.15) is 10.4 Å². The summed E-state index contributed by atoms with van der Waals surface area (Å²) < 4.78 is 0. The Bertz CT molecular complexity index is 706. The van der Waals surface area contributed by atoms with Gasteiger partial charge in [-0.25, -0.2) is 0 Å². The van der Waals surface area contributed by atoms with Crippen molar-refractivity contribution in [2.75, 3.05) is 5.32 Å². The Morgan fingerprint density at radius 3 is 2.38 bits per heavy atom. The molecule has 0 aliphatic heterocycles. The molecular weight excluding hydrogens is 260 g/mol. The third kappa shape index (κ3) is 3.03. The smallest absolute Gasteiger partial charge is 0.171 e. The van der Waals surface area contributed by atoms with Crippen LogP contribution in [-0.2, 0) is 5.41 Å². The molecule has 0 amide bonds. The summed E-state index contributed by atoms with van der Waals surface area (Å²) in [5, 5.41) is 20.9. The lowest BCUT2D eigenvalue weighted by Crippen LogP contribution is -2.14. The van der Waals surface area contributed by atoms with Crippen LogP contribution in [0, 0.1) is 25.2 Å². The lowest BCUT2D eigenvalue weighted by Gasteiger charge is -2.23. The van der Waals surface area contributed by atoms with Crippen LogP contribution in [0.3, 0.4) is 0 Å². The Morgan fingerprint density at radius 2 is 1.76 bits per heavy atom. The van der Waals surface area contributed by atoms with Gasteiger partial charge in [0.2, 0.25) is 0 Å². The van der Waals surface area contributed by atoms with Crippen molar-refractivity contribution in [3.05, 3.63) is 46.6 Å². The van der Waals surface area contributed by atoms with Crippen LogP contribution in [-0.4, -0.2) is 10.2 Å². The van der Waals surface area contributed by atoms with Gasteiger partial charge in [0.25, 0.3) is 0 Å². The number of aryl methyl sites for hydroxylation is 1. The van der Waals surface area contributed by atoms with E-state index in [-0.39, 0.29) is 5.41 Å². The predicted molar refractivity (Wildman–Crippen MR) is 84.6 cm³/mol. The zero-order valence-electron chi connectivity index (χ0n) is 13.2. The molecule has 0 spiro atoms. The molecule has 0 atom stereocenters. The van der Waals surface area contributed by atoms with Crippen LogP contribution in [0.4, 0.5) is 11.5 Å². The molecule has 2 rings (SSSR count). The number of hydrogen-bond acceptors (Lipinski definition) is 4. The van der Waals surface area contributed by atoms with Gasteiger partial charge in [-0.1, -0.05) is 39.0 Å². The fourth-order valence-electron chi connectivity index (χ4n) is 2.21. The average Bonchev–Trinajstić information content (AvgIpc) is 2.43. The number of nitriles is 1. The molecule has 0 aliphatic rings. The number of anilines is 2. The van der Waals surface area contributed by atoms with Crippen molar-refractivity contribution < 1.29 is 0 Å². The van der Waals surface area contributed by atoms with Crippen molar-refractivity contribution in [2.45, 2.75) is 40.0 Å². The van der Waals surface area contributed by atoms with Crippen LogP contribution in [0.15, 0.2) is 24.3 Å². The summed E-state index contributed by atoms with van der Waals surface area (Å²) in [4.78, 5) is 0. The second-order valence-electron chi connectivity index (χ2n) is 6.17. The molecule has 0 fully saturated rings. The minimum Gasteiger partial charge on any atom is -0.337 e. The lowest BCUT2D eigenvalue weighted by molar-refractivity contribution is 0.592. The molecule has 1 aromatic carbocycles. The second kappa shape index (κ2) is 5.53. The van der Waals surface area contributed by atoms with E-state index >= 15 is 0 Å². The van der Waals surface area contributed by atoms with Crippen molar-refractivity contribution in [1.82, 2.24) is 10.2 Å². The number of nitrogens with zero attached hydrogens (tertiary/aromatic N) is 3. The number of nitrogens with one attached hydrogen (secondary N) is 1. The summed E-state index contributed by atoms with van der Waals surface area (Å²) in [7, 11) is 0. The zero-order valence-corrected chi connectivity index (χ0v) is 13.2. The lowest BCUT2D eigenvalue weighted by atomic mass is 9.86. The molecule has 0 unspecified atom stereocenters. The van der Waals surface area contributed by atoms with Crippen molar-refractivity contribution >= 4 is 11.5 Å². The minimum atomic E-state index is 0.00354. The van der Waals surface area contributed by atoms with Gasteiger partial charge in [0, 0.05) is 5.69 Å². The summed E-state index contributed by atoms with van der Waals surface area (Å²) >= 11 is 0. The van der Waals surface area contributed by atoms with Crippen molar-refractivity contribution in [2.24, 2.45) is 0 Å². The number of aromatic nitrogens is 2. The molecular formula is C17H20N4. The SMILES string of the molecule is Cc1nnc(Nc2ccccc2C(C)(C)C)c(C#N)c1C. The third-order valence-electron chi connectivity index (χ3n) is 3.55. The van der Waals surface area contributed by atoms with Crippen molar-refractivity contribution in [3.8, 4) is 6.07 Å². The minimum absolute atomic E-state index is 0.00354. The number of rotatable bonds is 2. The van der Waals surface area contributed by atoms with E-state index < -0.39 is 0 Å². The molecule has 4 heteroatoms. The summed E-state index contributed by atoms with van der Waals surface area (Å²) in [6, 6.07) is 10.3. The zero-order chi connectivity index (χ0) is 15.6. The van der Waals surface area contributed by atoms with Crippen molar-refractivity contribution in [1.29, 1.82) is 5.26 Å². The van der Waals surface area contributed by atoms with Gasteiger partial charge in [0.1, 0.15) is 11.6 Å². The van der Waals surface area contributed by atoms with Gasteiger partial charge in [-0.05, 0) is 36.5 Å². The Kier molecular flexibility index (Phi) is 3.95. The molecule has 108 valence electrons. The van der Waals surface area contributed by atoms with Gasteiger partial charge in [-0.3, -0.25) is 0 Å². The van der Waals surface area contributed by atoms with Crippen LogP contribution in [0.25, 0.3) is 0 Å². The van der Waals surface area contributed by atoms with Gasteiger partial charge in [0.05, 0.1) is 5.69 Å². The van der Waals surface area contributed by atoms with Crippen LogP contribution in [0.5, 0.6) is 0 Å².